The maximum atomic E-state index is 12.6. The van der Waals surface area contributed by atoms with Crippen molar-refractivity contribution in [2.24, 2.45) is 0 Å². The smallest absolute Gasteiger partial charge is 0.416 e. The summed E-state index contributed by atoms with van der Waals surface area (Å²) in [6.07, 6.45) is -3.37. The van der Waals surface area contributed by atoms with Crippen molar-refractivity contribution in [1.82, 2.24) is 0 Å². The Hall–Kier alpha value is -1.78. The van der Waals surface area contributed by atoms with Gasteiger partial charge in [0.15, 0.2) is 0 Å². The molecule has 5 heteroatoms. The van der Waals surface area contributed by atoms with E-state index in [9.17, 15) is 18.0 Å². The molecule has 0 heterocycles. The molecule has 0 bridgehead atoms. The lowest BCUT2D eigenvalue weighted by atomic mass is 10.0. The third-order valence-electron chi connectivity index (χ3n) is 2.22. The van der Waals surface area contributed by atoms with E-state index in [1.807, 2.05) is 0 Å². The quantitative estimate of drug-likeness (QED) is 0.764. The second kappa shape index (κ2) is 5.03. The van der Waals surface area contributed by atoms with E-state index in [2.05, 4.69) is 11.3 Å². The minimum Gasteiger partial charge on any atom is -0.469 e. The molecule has 0 atom stereocenters. The molecule has 0 aliphatic carbocycles. The summed E-state index contributed by atoms with van der Waals surface area (Å²) in [4.78, 5) is 11.0. The second-order valence-corrected chi connectivity index (χ2v) is 3.38. The normalized spacial score (nSPS) is 11.1. The topological polar surface area (TPSA) is 26.3 Å². The van der Waals surface area contributed by atoms with Gasteiger partial charge in [-0.05, 0) is 17.2 Å². The summed E-state index contributed by atoms with van der Waals surface area (Å²) in [5.74, 6) is -0.500. The molecule has 0 saturated carbocycles. The van der Waals surface area contributed by atoms with Crippen molar-refractivity contribution in [2.45, 2.75) is 12.6 Å². The molecule has 1 aromatic carbocycles. The molecule has 1 aromatic rings. The van der Waals surface area contributed by atoms with E-state index in [0.717, 1.165) is 12.1 Å². The Bertz CT molecular complexity index is 436. The molecule has 0 radical (unpaired) electrons. The highest BCUT2D eigenvalue weighted by molar-refractivity contribution is 5.73. The third kappa shape index (κ3) is 3.34. The molecular weight excluding hydrogens is 233 g/mol. The molecular formula is C12H11F3O2. The van der Waals surface area contributed by atoms with Crippen LogP contribution >= 0.6 is 0 Å². The van der Waals surface area contributed by atoms with Gasteiger partial charge in [0.2, 0.25) is 0 Å². The number of methoxy groups -OCH3 is 1. The minimum absolute atomic E-state index is 0.0427. The maximum Gasteiger partial charge on any atom is 0.416 e. The van der Waals surface area contributed by atoms with Gasteiger partial charge in [-0.15, -0.1) is 0 Å². The van der Waals surface area contributed by atoms with Crippen LogP contribution in [-0.4, -0.2) is 13.1 Å². The van der Waals surface area contributed by atoms with Gasteiger partial charge in [-0.3, -0.25) is 4.79 Å². The number of benzene rings is 1. The summed E-state index contributed by atoms with van der Waals surface area (Å²) in [7, 11) is 1.22. The number of rotatable bonds is 3. The van der Waals surface area contributed by atoms with Crippen molar-refractivity contribution >= 4 is 12.0 Å². The number of hydrogen-bond acceptors (Lipinski definition) is 2. The first kappa shape index (κ1) is 13.3. The molecule has 17 heavy (non-hydrogen) atoms. The van der Waals surface area contributed by atoms with Crippen molar-refractivity contribution in [2.75, 3.05) is 7.11 Å². The summed E-state index contributed by atoms with van der Waals surface area (Å²) in [6.45, 7) is 3.33. The molecule has 0 amide bonds. The molecule has 0 N–H and O–H groups in total. The van der Waals surface area contributed by atoms with Crippen LogP contribution in [0.4, 0.5) is 13.2 Å². The van der Waals surface area contributed by atoms with Crippen LogP contribution in [0.2, 0.25) is 0 Å². The highest BCUT2D eigenvalue weighted by Crippen LogP contribution is 2.33. The van der Waals surface area contributed by atoms with Gasteiger partial charge in [-0.2, -0.15) is 13.2 Å². The van der Waals surface area contributed by atoms with Gasteiger partial charge in [-0.25, -0.2) is 0 Å². The number of hydrogen-bond donors (Lipinski definition) is 0. The standard InChI is InChI=1S/C12H11F3O2/c1-3-9-6-8(7-11(16)17-2)4-5-10(9)12(13,14)15/h3-6H,1,7H2,2H3. The van der Waals surface area contributed by atoms with Crippen molar-refractivity contribution < 1.29 is 22.7 Å². The Morgan fingerprint density at radius 3 is 2.59 bits per heavy atom. The Labute approximate surface area is 96.7 Å². The number of esters is 1. The predicted octanol–water partition coefficient (Wildman–Crippen LogP) is 3.06. The lowest BCUT2D eigenvalue weighted by molar-refractivity contribution is -0.139. The van der Waals surface area contributed by atoms with Gasteiger partial charge in [0, 0.05) is 0 Å². The molecule has 0 saturated heterocycles. The SMILES string of the molecule is C=Cc1cc(CC(=O)OC)ccc1C(F)(F)F. The number of carbonyl (C=O) groups is 1. The first-order valence-corrected chi connectivity index (χ1v) is 4.78. The monoisotopic (exact) mass is 244 g/mol. The van der Waals surface area contributed by atoms with E-state index in [0.29, 0.717) is 5.56 Å². The van der Waals surface area contributed by atoms with E-state index >= 15 is 0 Å². The van der Waals surface area contributed by atoms with Gasteiger partial charge in [0.05, 0.1) is 19.1 Å². The van der Waals surface area contributed by atoms with E-state index < -0.39 is 17.7 Å². The van der Waals surface area contributed by atoms with Gasteiger partial charge in [0.25, 0.3) is 0 Å². The summed E-state index contributed by atoms with van der Waals surface area (Å²) in [5.41, 5.74) is -0.347. The van der Waals surface area contributed by atoms with Crippen molar-refractivity contribution in [3.63, 3.8) is 0 Å². The van der Waals surface area contributed by atoms with Crippen LogP contribution in [0.15, 0.2) is 24.8 Å². The first-order valence-electron chi connectivity index (χ1n) is 4.78. The van der Waals surface area contributed by atoms with Gasteiger partial charge >= 0.3 is 12.1 Å². The number of ether oxygens (including phenoxy) is 1. The zero-order valence-corrected chi connectivity index (χ0v) is 9.17. The molecule has 0 aliphatic heterocycles. The van der Waals surface area contributed by atoms with Crippen LogP contribution in [0.25, 0.3) is 6.08 Å². The summed E-state index contributed by atoms with van der Waals surface area (Å²) < 4.78 is 42.1. The second-order valence-electron chi connectivity index (χ2n) is 3.38. The molecule has 92 valence electrons. The highest BCUT2D eigenvalue weighted by Gasteiger charge is 2.32. The molecule has 0 spiro atoms. The fourth-order valence-electron chi connectivity index (χ4n) is 1.39. The Morgan fingerprint density at radius 1 is 1.47 bits per heavy atom. The predicted molar refractivity (Wildman–Crippen MR) is 57.3 cm³/mol. The molecule has 0 fully saturated rings. The lowest BCUT2D eigenvalue weighted by Crippen LogP contribution is -2.09. The van der Waals surface area contributed by atoms with E-state index in [-0.39, 0.29) is 12.0 Å². The van der Waals surface area contributed by atoms with Crippen LogP contribution in [-0.2, 0) is 22.1 Å². The molecule has 1 rings (SSSR count). The fraction of sp³-hybridized carbons (Fsp3) is 0.250. The summed E-state index contributed by atoms with van der Waals surface area (Å²) in [6, 6.07) is 3.48. The van der Waals surface area contributed by atoms with Gasteiger partial charge in [-0.1, -0.05) is 24.8 Å². The van der Waals surface area contributed by atoms with Crippen LogP contribution in [0.1, 0.15) is 16.7 Å². The number of alkyl halides is 3. The van der Waals surface area contributed by atoms with Gasteiger partial charge in [0.1, 0.15) is 0 Å². The fourth-order valence-corrected chi connectivity index (χ4v) is 1.39. The Kier molecular flexibility index (Phi) is 3.93. The van der Waals surface area contributed by atoms with E-state index in [1.54, 1.807) is 0 Å². The lowest BCUT2D eigenvalue weighted by Gasteiger charge is -2.11. The Balaban J connectivity index is 3.09. The van der Waals surface area contributed by atoms with Gasteiger partial charge < -0.3 is 4.74 Å². The minimum atomic E-state index is -4.42. The highest BCUT2D eigenvalue weighted by atomic mass is 19.4. The zero-order chi connectivity index (χ0) is 13.1. The maximum absolute atomic E-state index is 12.6. The molecule has 0 unspecified atom stereocenters. The largest absolute Gasteiger partial charge is 0.469 e. The Morgan fingerprint density at radius 2 is 2.12 bits per heavy atom. The first-order chi connectivity index (χ1) is 7.88. The summed E-state index contributed by atoms with van der Waals surface area (Å²) >= 11 is 0. The third-order valence-corrected chi connectivity index (χ3v) is 2.22. The van der Waals surface area contributed by atoms with E-state index in [4.69, 9.17) is 0 Å². The molecule has 0 aliphatic rings. The summed E-state index contributed by atoms with van der Waals surface area (Å²) in [5, 5.41) is 0. The van der Waals surface area contributed by atoms with Crippen molar-refractivity contribution in [1.29, 1.82) is 0 Å². The van der Waals surface area contributed by atoms with E-state index in [1.165, 1.54) is 19.2 Å². The van der Waals surface area contributed by atoms with Crippen LogP contribution in [0.5, 0.6) is 0 Å². The zero-order valence-electron chi connectivity index (χ0n) is 9.17. The van der Waals surface area contributed by atoms with Crippen molar-refractivity contribution in [3.05, 3.63) is 41.5 Å². The molecule has 2 nitrogen and oxygen atoms in total. The average Bonchev–Trinajstić information content (AvgIpc) is 2.27. The number of carbonyl (C=O) groups excluding carboxylic acids is 1. The number of halogens is 3. The average molecular weight is 244 g/mol. The van der Waals surface area contributed by atoms with Crippen LogP contribution in [0.3, 0.4) is 0 Å². The van der Waals surface area contributed by atoms with Crippen molar-refractivity contribution in [3.8, 4) is 0 Å². The van der Waals surface area contributed by atoms with Crippen LogP contribution in [0, 0.1) is 0 Å². The molecule has 0 aromatic heterocycles. The van der Waals surface area contributed by atoms with Crippen LogP contribution < -0.4 is 0 Å².